The molecule has 31 heavy (non-hydrogen) atoms. The molecule has 0 N–H and O–H groups in total. The summed E-state index contributed by atoms with van der Waals surface area (Å²) in [6.45, 7) is 6.10. The lowest BCUT2D eigenvalue weighted by Gasteiger charge is -2.40. The van der Waals surface area contributed by atoms with Crippen molar-refractivity contribution < 1.29 is 22.7 Å². The molecule has 1 aliphatic rings. The summed E-state index contributed by atoms with van der Waals surface area (Å²) in [4.78, 5) is 28.6. The third-order valence-corrected chi connectivity index (χ3v) is 6.44. The van der Waals surface area contributed by atoms with Crippen molar-refractivity contribution in [3.63, 3.8) is 0 Å². The van der Waals surface area contributed by atoms with Crippen LogP contribution in [0.1, 0.15) is 33.6 Å². The molecule has 0 radical (unpaired) electrons. The van der Waals surface area contributed by atoms with E-state index < -0.39 is 15.9 Å². The molecule has 0 bridgehead atoms. The summed E-state index contributed by atoms with van der Waals surface area (Å²) >= 11 is 0. The first kappa shape index (κ1) is 22.8. The van der Waals surface area contributed by atoms with E-state index in [0.29, 0.717) is 24.5 Å². The molecule has 1 aliphatic heterocycles. The molecule has 0 saturated heterocycles. The van der Waals surface area contributed by atoms with Gasteiger partial charge in [0.25, 0.3) is 0 Å². The van der Waals surface area contributed by atoms with Crippen LogP contribution in [0.3, 0.4) is 0 Å². The van der Waals surface area contributed by atoms with Gasteiger partial charge in [0.1, 0.15) is 0 Å². The molecule has 0 saturated carbocycles. The number of ether oxygens (including phenoxy) is 1. The Hall–Kier alpha value is -2.87. The van der Waals surface area contributed by atoms with Crippen molar-refractivity contribution in [2.75, 3.05) is 29.2 Å². The second-order valence-electron chi connectivity index (χ2n) is 7.82. The van der Waals surface area contributed by atoms with Crippen LogP contribution in [-0.4, -0.2) is 45.9 Å². The van der Waals surface area contributed by atoms with E-state index >= 15 is 0 Å². The molecule has 166 valence electrons. The number of carbonyl (C=O) groups excluding carboxylic acids is 2. The smallest absolute Gasteiger partial charge is 0.414 e. The van der Waals surface area contributed by atoms with Gasteiger partial charge in [-0.05, 0) is 48.7 Å². The zero-order valence-corrected chi connectivity index (χ0v) is 19.1. The van der Waals surface area contributed by atoms with Crippen LogP contribution in [0.15, 0.2) is 47.4 Å². The summed E-state index contributed by atoms with van der Waals surface area (Å²) in [6, 6.07) is 11.9. The number of rotatable bonds is 5. The molecule has 1 unspecified atom stereocenters. The average molecular weight is 445 g/mol. The molecule has 2 amide bonds. The molecule has 0 fully saturated rings. The number of fused-ring (bicyclic) bond motifs is 1. The van der Waals surface area contributed by atoms with Gasteiger partial charge >= 0.3 is 6.09 Å². The standard InChI is InChI=1S/C23H28N2O5S/c1-5-6-13-30-23(27)24-15-16(2)25(17(3)26)21-12-9-19(14-22(21)24)18-7-10-20(11-8-18)31(4,28)29/h7-12,14,16H,5-6,13,15H2,1-4H3. The van der Waals surface area contributed by atoms with Gasteiger partial charge in [-0.2, -0.15) is 0 Å². The maximum Gasteiger partial charge on any atom is 0.414 e. The van der Waals surface area contributed by atoms with Gasteiger partial charge in [-0.3, -0.25) is 9.69 Å². The van der Waals surface area contributed by atoms with Crippen molar-refractivity contribution in [1.29, 1.82) is 0 Å². The van der Waals surface area contributed by atoms with Crippen molar-refractivity contribution in [3.05, 3.63) is 42.5 Å². The van der Waals surface area contributed by atoms with Crippen molar-refractivity contribution in [2.24, 2.45) is 0 Å². The summed E-state index contributed by atoms with van der Waals surface area (Å²) in [5, 5.41) is 0. The van der Waals surface area contributed by atoms with E-state index in [-0.39, 0.29) is 16.8 Å². The highest BCUT2D eigenvalue weighted by Gasteiger charge is 2.34. The maximum atomic E-state index is 12.8. The van der Waals surface area contributed by atoms with Gasteiger partial charge in [-0.1, -0.05) is 31.5 Å². The Morgan fingerprint density at radius 1 is 1.06 bits per heavy atom. The number of anilines is 2. The summed E-state index contributed by atoms with van der Waals surface area (Å²) in [6.07, 6.45) is 2.44. The number of carbonyl (C=O) groups is 2. The molecule has 3 rings (SSSR count). The molecular formula is C23H28N2O5S. The van der Waals surface area contributed by atoms with E-state index in [2.05, 4.69) is 0 Å². The van der Waals surface area contributed by atoms with Gasteiger partial charge in [0.2, 0.25) is 5.91 Å². The van der Waals surface area contributed by atoms with Gasteiger partial charge in [0.15, 0.2) is 9.84 Å². The lowest BCUT2D eigenvalue weighted by Crippen LogP contribution is -2.51. The fourth-order valence-corrected chi connectivity index (χ4v) is 4.36. The minimum Gasteiger partial charge on any atom is -0.449 e. The van der Waals surface area contributed by atoms with Crippen LogP contribution in [-0.2, 0) is 19.4 Å². The number of hydrogen-bond acceptors (Lipinski definition) is 5. The van der Waals surface area contributed by atoms with Crippen LogP contribution >= 0.6 is 0 Å². The van der Waals surface area contributed by atoms with Crippen molar-refractivity contribution in [3.8, 4) is 11.1 Å². The van der Waals surface area contributed by atoms with E-state index in [9.17, 15) is 18.0 Å². The fraction of sp³-hybridized carbons (Fsp3) is 0.391. The third-order valence-electron chi connectivity index (χ3n) is 5.31. The Labute approximate surface area is 183 Å². The van der Waals surface area contributed by atoms with Gasteiger partial charge in [0, 0.05) is 19.7 Å². The van der Waals surface area contributed by atoms with Gasteiger partial charge in [0.05, 0.1) is 28.9 Å². The molecule has 2 aromatic rings. The van der Waals surface area contributed by atoms with Crippen LogP contribution in [0.4, 0.5) is 16.2 Å². The van der Waals surface area contributed by atoms with Crippen LogP contribution in [0.2, 0.25) is 0 Å². The summed E-state index contributed by atoms with van der Waals surface area (Å²) < 4.78 is 28.9. The van der Waals surface area contributed by atoms with E-state index in [1.807, 2.05) is 32.0 Å². The first-order valence-corrected chi connectivity index (χ1v) is 12.2. The SMILES string of the molecule is CCCCOC(=O)N1CC(C)N(C(C)=O)c2ccc(-c3ccc(S(C)(=O)=O)cc3)cc21. The molecular weight excluding hydrogens is 416 g/mol. The highest BCUT2D eigenvalue weighted by molar-refractivity contribution is 7.90. The van der Waals surface area contributed by atoms with E-state index in [1.165, 1.54) is 13.2 Å². The van der Waals surface area contributed by atoms with Crippen LogP contribution in [0.5, 0.6) is 0 Å². The van der Waals surface area contributed by atoms with Crippen LogP contribution in [0.25, 0.3) is 11.1 Å². The van der Waals surface area contributed by atoms with Gasteiger partial charge in [-0.15, -0.1) is 0 Å². The highest BCUT2D eigenvalue weighted by atomic mass is 32.2. The number of amides is 2. The number of sulfone groups is 1. The number of nitrogens with zero attached hydrogens (tertiary/aromatic N) is 2. The molecule has 1 atom stereocenters. The number of unbranched alkanes of at least 4 members (excludes halogenated alkanes) is 1. The minimum atomic E-state index is -3.28. The normalized spacial score (nSPS) is 16.1. The van der Waals surface area contributed by atoms with Crippen molar-refractivity contribution in [1.82, 2.24) is 0 Å². The topological polar surface area (TPSA) is 84.0 Å². The van der Waals surface area contributed by atoms with Gasteiger partial charge < -0.3 is 9.64 Å². The quantitative estimate of drug-likeness (QED) is 0.644. The lowest BCUT2D eigenvalue weighted by atomic mass is 10.0. The zero-order valence-electron chi connectivity index (χ0n) is 18.3. The largest absolute Gasteiger partial charge is 0.449 e. The third kappa shape index (κ3) is 4.90. The zero-order chi connectivity index (χ0) is 22.8. The Balaban J connectivity index is 2.02. The molecule has 1 heterocycles. The van der Waals surface area contributed by atoms with E-state index in [4.69, 9.17) is 4.74 Å². The van der Waals surface area contributed by atoms with E-state index in [1.54, 1.807) is 34.1 Å². The molecule has 0 spiro atoms. The summed E-state index contributed by atoms with van der Waals surface area (Å²) in [5.74, 6) is -0.0991. The van der Waals surface area contributed by atoms with Crippen LogP contribution < -0.4 is 9.80 Å². The predicted molar refractivity (Wildman–Crippen MR) is 121 cm³/mol. The maximum absolute atomic E-state index is 12.8. The highest BCUT2D eigenvalue weighted by Crippen LogP contribution is 2.39. The summed E-state index contributed by atoms with van der Waals surface area (Å²) in [5.41, 5.74) is 2.86. The summed E-state index contributed by atoms with van der Waals surface area (Å²) in [7, 11) is -3.28. The van der Waals surface area contributed by atoms with E-state index in [0.717, 1.165) is 24.0 Å². The molecule has 0 aromatic heterocycles. The second-order valence-corrected chi connectivity index (χ2v) is 9.83. The Bertz CT molecular complexity index is 1080. The van der Waals surface area contributed by atoms with Gasteiger partial charge in [-0.25, -0.2) is 13.2 Å². The predicted octanol–water partition coefficient (Wildman–Crippen LogP) is 4.26. The number of hydrogen-bond donors (Lipinski definition) is 0. The fourth-order valence-electron chi connectivity index (χ4n) is 3.73. The molecule has 8 heteroatoms. The minimum absolute atomic E-state index is 0.0991. The average Bonchev–Trinajstić information content (AvgIpc) is 2.72. The monoisotopic (exact) mass is 444 g/mol. The second kappa shape index (κ2) is 9.09. The van der Waals surface area contributed by atoms with Crippen molar-refractivity contribution >= 4 is 33.2 Å². The Morgan fingerprint density at radius 2 is 1.71 bits per heavy atom. The Kier molecular flexibility index (Phi) is 6.69. The van der Waals surface area contributed by atoms with Crippen LogP contribution in [0, 0.1) is 0 Å². The lowest BCUT2D eigenvalue weighted by molar-refractivity contribution is -0.117. The first-order valence-electron chi connectivity index (χ1n) is 10.3. The molecule has 7 nitrogen and oxygen atoms in total. The first-order chi connectivity index (χ1) is 14.6. The number of benzene rings is 2. The Morgan fingerprint density at radius 3 is 2.29 bits per heavy atom. The van der Waals surface area contributed by atoms with Crippen molar-refractivity contribution in [2.45, 2.75) is 44.6 Å². The molecule has 0 aliphatic carbocycles. The molecule has 2 aromatic carbocycles.